The molecule has 6 rings (SSSR count). The van der Waals surface area contributed by atoms with E-state index in [9.17, 15) is 0 Å². The Hall–Kier alpha value is -3.32. The third kappa shape index (κ3) is 2.06. The Labute approximate surface area is 158 Å². The van der Waals surface area contributed by atoms with Crippen molar-refractivity contribution >= 4 is 0 Å². The molecule has 4 aromatic rings. The molecule has 2 aliphatic rings. The molecule has 0 unspecified atom stereocenters. The molecule has 1 heteroatoms. The summed E-state index contributed by atoms with van der Waals surface area (Å²) in [6.07, 6.45) is 0. The van der Waals surface area contributed by atoms with Gasteiger partial charge in [-0.05, 0) is 34.4 Å². The van der Waals surface area contributed by atoms with Crippen LogP contribution in [0.4, 0.5) is 0 Å². The van der Waals surface area contributed by atoms with E-state index in [1.54, 1.807) is 0 Å². The summed E-state index contributed by atoms with van der Waals surface area (Å²) < 4.78 is 6.23. The first-order valence-electron chi connectivity index (χ1n) is 9.33. The lowest BCUT2D eigenvalue weighted by atomic mass is 9.74. The van der Waals surface area contributed by atoms with Crippen molar-refractivity contribution in [1.82, 2.24) is 0 Å². The van der Waals surface area contributed by atoms with E-state index in [-0.39, 0.29) is 5.92 Å². The van der Waals surface area contributed by atoms with Gasteiger partial charge in [0.25, 0.3) is 0 Å². The predicted molar refractivity (Wildman–Crippen MR) is 108 cm³/mol. The maximum absolute atomic E-state index is 6.23. The number of para-hydroxylation sites is 2. The van der Waals surface area contributed by atoms with Crippen LogP contribution in [0, 0.1) is 5.92 Å². The van der Waals surface area contributed by atoms with Gasteiger partial charge in [-0.2, -0.15) is 0 Å². The molecular formula is C26H17O. The van der Waals surface area contributed by atoms with E-state index in [0.717, 1.165) is 11.5 Å². The SMILES string of the molecule is c1ccc2c(c1)Oc1ccccc1C2[C]1c2ccccc2-c2ccccc21. The first-order chi connectivity index (χ1) is 13.4. The summed E-state index contributed by atoms with van der Waals surface area (Å²) in [5.41, 5.74) is 7.77. The molecule has 0 N–H and O–H groups in total. The van der Waals surface area contributed by atoms with Crippen molar-refractivity contribution in [3.05, 3.63) is 125 Å². The van der Waals surface area contributed by atoms with Gasteiger partial charge in [-0.3, -0.25) is 0 Å². The van der Waals surface area contributed by atoms with E-state index in [0.29, 0.717) is 0 Å². The fourth-order valence-electron chi connectivity index (χ4n) is 4.58. The van der Waals surface area contributed by atoms with E-state index in [2.05, 4.69) is 84.9 Å². The molecule has 1 nitrogen and oxygen atoms in total. The molecule has 1 aliphatic heterocycles. The van der Waals surface area contributed by atoms with Crippen LogP contribution in [0.1, 0.15) is 28.2 Å². The minimum Gasteiger partial charge on any atom is -0.457 e. The van der Waals surface area contributed by atoms with Crippen molar-refractivity contribution in [3.8, 4) is 22.6 Å². The zero-order valence-corrected chi connectivity index (χ0v) is 14.7. The standard InChI is InChI=1S/C26H17O/c1-3-11-19-17(9-1)18-10-2-4-12-20(18)25(19)26-21-13-5-7-15-23(21)27-24-16-8-6-14-22(24)26/h1-16,26H. The quantitative estimate of drug-likeness (QED) is 0.379. The summed E-state index contributed by atoms with van der Waals surface area (Å²) in [4.78, 5) is 0. The normalized spacial score (nSPS) is 14.7. The van der Waals surface area contributed by atoms with Gasteiger partial charge in [-0.15, -0.1) is 0 Å². The number of ether oxygens (including phenoxy) is 1. The monoisotopic (exact) mass is 345 g/mol. The van der Waals surface area contributed by atoms with Crippen LogP contribution in [0.5, 0.6) is 11.5 Å². The number of fused-ring (bicyclic) bond motifs is 5. The molecule has 1 aliphatic carbocycles. The first kappa shape index (κ1) is 14.8. The van der Waals surface area contributed by atoms with Crippen molar-refractivity contribution in [2.75, 3.05) is 0 Å². The van der Waals surface area contributed by atoms with Crippen molar-refractivity contribution in [2.24, 2.45) is 0 Å². The van der Waals surface area contributed by atoms with Gasteiger partial charge in [0.15, 0.2) is 0 Å². The highest BCUT2D eigenvalue weighted by Gasteiger charge is 2.40. The predicted octanol–water partition coefficient (Wildman–Crippen LogP) is 6.58. The minimum atomic E-state index is 0.163. The van der Waals surface area contributed by atoms with Crippen LogP contribution in [0.3, 0.4) is 0 Å². The summed E-state index contributed by atoms with van der Waals surface area (Å²) in [6.45, 7) is 0. The van der Waals surface area contributed by atoms with Crippen LogP contribution in [-0.4, -0.2) is 0 Å². The molecular weight excluding hydrogens is 328 g/mol. The van der Waals surface area contributed by atoms with Crippen molar-refractivity contribution in [2.45, 2.75) is 5.92 Å². The molecule has 0 aromatic heterocycles. The largest absolute Gasteiger partial charge is 0.457 e. The van der Waals surface area contributed by atoms with Gasteiger partial charge < -0.3 is 4.74 Å². The Balaban J connectivity index is 1.66. The molecule has 0 atom stereocenters. The van der Waals surface area contributed by atoms with Crippen LogP contribution in [0.15, 0.2) is 97.1 Å². The fourth-order valence-corrected chi connectivity index (χ4v) is 4.58. The lowest BCUT2D eigenvalue weighted by Gasteiger charge is -2.32. The molecule has 0 saturated heterocycles. The number of benzene rings is 4. The lowest BCUT2D eigenvalue weighted by molar-refractivity contribution is 0.449. The van der Waals surface area contributed by atoms with E-state index in [1.807, 2.05) is 12.1 Å². The third-order valence-corrected chi connectivity index (χ3v) is 5.69. The second-order valence-corrected chi connectivity index (χ2v) is 7.12. The molecule has 0 fully saturated rings. The van der Waals surface area contributed by atoms with Crippen LogP contribution >= 0.6 is 0 Å². The summed E-state index contributed by atoms with van der Waals surface area (Å²) >= 11 is 0. The second-order valence-electron chi connectivity index (χ2n) is 7.12. The summed E-state index contributed by atoms with van der Waals surface area (Å²) in [5, 5.41) is 0. The van der Waals surface area contributed by atoms with Gasteiger partial charge in [0.2, 0.25) is 0 Å². The molecule has 1 heterocycles. The smallest absolute Gasteiger partial charge is 0.131 e. The van der Waals surface area contributed by atoms with Gasteiger partial charge in [-0.1, -0.05) is 84.9 Å². The van der Waals surface area contributed by atoms with Crippen LogP contribution in [0.25, 0.3) is 11.1 Å². The van der Waals surface area contributed by atoms with Crippen molar-refractivity contribution < 1.29 is 4.74 Å². The first-order valence-corrected chi connectivity index (χ1v) is 9.33. The molecule has 27 heavy (non-hydrogen) atoms. The van der Waals surface area contributed by atoms with E-state index >= 15 is 0 Å². The second kappa shape index (κ2) is 5.59. The van der Waals surface area contributed by atoms with E-state index in [1.165, 1.54) is 39.3 Å². The van der Waals surface area contributed by atoms with Crippen molar-refractivity contribution in [1.29, 1.82) is 0 Å². The number of rotatable bonds is 1. The lowest BCUT2D eigenvalue weighted by Crippen LogP contribution is -2.18. The minimum absolute atomic E-state index is 0.163. The molecule has 0 saturated carbocycles. The number of hydrogen-bond acceptors (Lipinski definition) is 1. The zero-order valence-electron chi connectivity index (χ0n) is 14.7. The molecule has 1 radical (unpaired) electrons. The van der Waals surface area contributed by atoms with E-state index in [4.69, 9.17) is 4.74 Å². The van der Waals surface area contributed by atoms with Crippen LogP contribution < -0.4 is 4.74 Å². The summed E-state index contributed by atoms with van der Waals surface area (Å²) in [7, 11) is 0. The third-order valence-electron chi connectivity index (χ3n) is 5.69. The van der Waals surface area contributed by atoms with Gasteiger partial charge in [0.05, 0.1) is 0 Å². The van der Waals surface area contributed by atoms with Crippen LogP contribution in [-0.2, 0) is 0 Å². The molecule has 127 valence electrons. The highest BCUT2D eigenvalue weighted by atomic mass is 16.5. The van der Waals surface area contributed by atoms with Gasteiger partial charge in [0, 0.05) is 23.0 Å². The maximum Gasteiger partial charge on any atom is 0.131 e. The summed E-state index contributed by atoms with van der Waals surface area (Å²) in [6, 6.07) is 34.4. The maximum atomic E-state index is 6.23. The van der Waals surface area contributed by atoms with E-state index < -0.39 is 0 Å². The Morgan fingerprint density at radius 3 is 1.37 bits per heavy atom. The topological polar surface area (TPSA) is 9.23 Å². The highest BCUT2D eigenvalue weighted by Crippen LogP contribution is 2.56. The Bertz CT molecular complexity index is 1080. The van der Waals surface area contributed by atoms with Gasteiger partial charge in [0.1, 0.15) is 11.5 Å². The van der Waals surface area contributed by atoms with Gasteiger partial charge in [-0.25, -0.2) is 0 Å². The average molecular weight is 345 g/mol. The summed E-state index contributed by atoms with van der Waals surface area (Å²) in [5.74, 6) is 3.45. The zero-order chi connectivity index (χ0) is 17.8. The molecule has 4 aromatic carbocycles. The van der Waals surface area contributed by atoms with Crippen molar-refractivity contribution in [3.63, 3.8) is 0 Å². The highest BCUT2D eigenvalue weighted by molar-refractivity contribution is 5.86. The molecule has 0 amide bonds. The Kier molecular flexibility index (Phi) is 3.06. The number of hydrogen-bond donors (Lipinski definition) is 0. The van der Waals surface area contributed by atoms with Gasteiger partial charge >= 0.3 is 0 Å². The average Bonchev–Trinajstić information content (AvgIpc) is 3.06. The Morgan fingerprint density at radius 2 is 0.852 bits per heavy atom. The fraction of sp³-hybridized carbons (Fsp3) is 0.0385. The molecule has 0 spiro atoms. The van der Waals surface area contributed by atoms with Crippen LogP contribution in [0.2, 0.25) is 0 Å². The molecule has 0 bridgehead atoms. The Morgan fingerprint density at radius 1 is 0.444 bits per heavy atom.